The van der Waals surface area contributed by atoms with Crippen LogP contribution < -0.4 is 5.73 Å². The Morgan fingerprint density at radius 1 is 1.28 bits per heavy atom. The average molecular weight is 264 g/mol. The maximum atomic E-state index is 6.32. The van der Waals surface area contributed by atoms with E-state index in [4.69, 9.17) is 17.3 Å². The van der Waals surface area contributed by atoms with E-state index in [1.54, 1.807) is 0 Å². The fraction of sp³-hybridized carbons (Fsp3) is 0.625. The second-order valence-corrected chi connectivity index (χ2v) is 6.70. The highest BCUT2D eigenvalue weighted by Crippen LogP contribution is 2.49. The van der Waals surface area contributed by atoms with Crippen LogP contribution in [0.3, 0.4) is 0 Å². The molecule has 3 rings (SSSR count). The molecule has 0 aromatic heterocycles. The zero-order chi connectivity index (χ0) is 12.5. The molecule has 2 heteroatoms. The lowest BCUT2D eigenvalue weighted by Gasteiger charge is -2.24. The molecule has 4 unspecified atom stereocenters. The molecule has 4 atom stereocenters. The first-order valence-electron chi connectivity index (χ1n) is 7.20. The normalized spacial score (nSPS) is 31.8. The van der Waals surface area contributed by atoms with E-state index in [0.717, 1.165) is 29.2 Å². The van der Waals surface area contributed by atoms with Gasteiger partial charge in [0.05, 0.1) is 0 Å². The first-order valence-corrected chi connectivity index (χ1v) is 7.58. The highest BCUT2D eigenvalue weighted by Gasteiger charge is 2.39. The Kier molecular flexibility index (Phi) is 3.63. The largest absolute Gasteiger partial charge is 0.327 e. The molecule has 0 spiro atoms. The summed E-state index contributed by atoms with van der Waals surface area (Å²) in [7, 11) is 0. The van der Waals surface area contributed by atoms with E-state index < -0.39 is 0 Å². The minimum atomic E-state index is 0.299. The second kappa shape index (κ2) is 5.22. The molecular formula is C16H22ClN. The highest BCUT2D eigenvalue weighted by molar-refractivity contribution is 6.30. The third kappa shape index (κ3) is 2.73. The van der Waals surface area contributed by atoms with Gasteiger partial charge in [0.25, 0.3) is 0 Å². The Morgan fingerprint density at radius 2 is 2.17 bits per heavy atom. The van der Waals surface area contributed by atoms with Crippen molar-refractivity contribution in [1.82, 2.24) is 0 Å². The molecule has 2 saturated carbocycles. The maximum absolute atomic E-state index is 6.32. The molecule has 0 radical (unpaired) electrons. The van der Waals surface area contributed by atoms with E-state index in [2.05, 4.69) is 6.07 Å². The minimum absolute atomic E-state index is 0.299. The van der Waals surface area contributed by atoms with Crippen LogP contribution in [-0.4, -0.2) is 6.04 Å². The average Bonchev–Trinajstić information content (AvgIpc) is 2.90. The summed E-state index contributed by atoms with van der Waals surface area (Å²) in [5.41, 5.74) is 7.60. The van der Waals surface area contributed by atoms with Gasteiger partial charge in [0.2, 0.25) is 0 Å². The molecule has 0 heterocycles. The molecule has 1 aromatic rings. The Labute approximate surface area is 115 Å². The summed E-state index contributed by atoms with van der Waals surface area (Å²) in [6.07, 6.45) is 8.02. The standard InChI is InChI=1S/C16H22ClN/c17-15-3-1-2-11(8-15)9-16(18)10-14-7-12-4-5-13(14)6-12/h1-3,8,12-14,16H,4-7,9-10,18H2. The van der Waals surface area contributed by atoms with Gasteiger partial charge >= 0.3 is 0 Å². The lowest BCUT2D eigenvalue weighted by molar-refractivity contribution is 0.294. The van der Waals surface area contributed by atoms with Gasteiger partial charge in [0.1, 0.15) is 0 Å². The monoisotopic (exact) mass is 263 g/mol. The quantitative estimate of drug-likeness (QED) is 0.872. The van der Waals surface area contributed by atoms with E-state index >= 15 is 0 Å². The van der Waals surface area contributed by atoms with E-state index in [1.165, 1.54) is 37.7 Å². The number of benzene rings is 1. The molecule has 0 amide bonds. The first kappa shape index (κ1) is 12.5. The van der Waals surface area contributed by atoms with Crippen molar-refractivity contribution >= 4 is 11.6 Å². The Morgan fingerprint density at radius 3 is 2.83 bits per heavy atom. The molecule has 1 nitrogen and oxygen atoms in total. The number of fused-ring (bicyclic) bond motifs is 2. The number of halogens is 1. The minimum Gasteiger partial charge on any atom is -0.327 e. The van der Waals surface area contributed by atoms with Crippen LogP contribution in [0.4, 0.5) is 0 Å². The predicted molar refractivity (Wildman–Crippen MR) is 76.7 cm³/mol. The van der Waals surface area contributed by atoms with Gasteiger partial charge in [0.15, 0.2) is 0 Å². The van der Waals surface area contributed by atoms with E-state index in [1.807, 2.05) is 18.2 Å². The number of hydrogen-bond acceptors (Lipinski definition) is 1. The van der Waals surface area contributed by atoms with Crippen molar-refractivity contribution in [3.05, 3.63) is 34.9 Å². The van der Waals surface area contributed by atoms with Gasteiger partial charge in [-0.3, -0.25) is 0 Å². The van der Waals surface area contributed by atoms with Crippen molar-refractivity contribution < 1.29 is 0 Å². The topological polar surface area (TPSA) is 26.0 Å². The van der Waals surface area contributed by atoms with Crippen molar-refractivity contribution in [2.45, 2.75) is 44.6 Å². The summed E-state index contributed by atoms with van der Waals surface area (Å²) in [6.45, 7) is 0. The van der Waals surface area contributed by atoms with Crippen LogP contribution in [0.1, 0.15) is 37.7 Å². The third-order valence-corrected chi connectivity index (χ3v) is 5.11. The van der Waals surface area contributed by atoms with Gasteiger partial charge in [-0.15, -0.1) is 0 Å². The molecule has 18 heavy (non-hydrogen) atoms. The Hall–Kier alpha value is -0.530. The maximum Gasteiger partial charge on any atom is 0.0408 e. The number of hydrogen-bond donors (Lipinski definition) is 1. The molecule has 2 N–H and O–H groups in total. The van der Waals surface area contributed by atoms with Crippen LogP contribution in [0.2, 0.25) is 5.02 Å². The van der Waals surface area contributed by atoms with Crippen LogP contribution in [0.25, 0.3) is 0 Å². The summed E-state index contributed by atoms with van der Waals surface area (Å²) in [5.74, 6) is 2.91. The van der Waals surface area contributed by atoms with E-state index in [-0.39, 0.29) is 0 Å². The van der Waals surface area contributed by atoms with Crippen molar-refractivity contribution in [3.63, 3.8) is 0 Å². The molecule has 1 aromatic carbocycles. The summed E-state index contributed by atoms with van der Waals surface area (Å²) in [6, 6.07) is 8.41. The van der Waals surface area contributed by atoms with Crippen LogP contribution in [0.15, 0.2) is 24.3 Å². The predicted octanol–water partition coefficient (Wildman–Crippen LogP) is 4.04. The van der Waals surface area contributed by atoms with E-state index in [9.17, 15) is 0 Å². The zero-order valence-electron chi connectivity index (χ0n) is 10.8. The summed E-state index contributed by atoms with van der Waals surface area (Å²) in [4.78, 5) is 0. The molecule has 2 aliphatic rings. The van der Waals surface area contributed by atoms with Gasteiger partial charge < -0.3 is 5.73 Å². The zero-order valence-corrected chi connectivity index (χ0v) is 11.6. The van der Waals surface area contributed by atoms with Crippen molar-refractivity contribution in [3.8, 4) is 0 Å². The fourth-order valence-corrected chi connectivity index (χ4v) is 4.32. The highest BCUT2D eigenvalue weighted by atomic mass is 35.5. The van der Waals surface area contributed by atoms with Gasteiger partial charge in [-0.2, -0.15) is 0 Å². The van der Waals surface area contributed by atoms with Gasteiger partial charge in [-0.05, 0) is 67.6 Å². The van der Waals surface area contributed by atoms with E-state index in [0.29, 0.717) is 6.04 Å². The van der Waals surface area contributed by atoms with Crippen molar-refractivity contribution in [1.29, 1.82) is 0 Å². The molecule has 0 aliphatic heterocycles. The SMILES string of the molecule is NC(Cc1cccc(Cl)c1)CC1CC2CCC1C2. The van der Waals surface area contributed by atoms with Crippen LogP contribution in [-0.2, 0) is 6.42 Å². The Bertz CT molecular complexity index is 417. The van der Waals surface area contributed by atoms with Gasteiger partial charge in [0, 0.05) is 11.1 Å². The van der Waals surface area contributed by atoms with Crippen LogP contribution in [0.5, 0.6) is 0 Å². The third-order valence-electron chi connectivity index (χ3n) is 4.88. The molecule has 2 aliphatic carbocycles. The first-order chi connectivity index (χ1) is 8.70. The molecule has 0 saturated heterocycles. The lowest BCUT2D eigenvalue weighted by Crippen LogP contribution is -2.28. The fourth-order valence-electron chi connectivity index (χ4n) is 4.10. The number of nitrogens with two attached hydrogens (primary N) is 1. The van der Waals surface area contributed by atoms with Gasteiger partial charge in [-0.25, -0.2) is 0 Å². The van der Waals surface area contributed by atoms with Gasteiger partial charge in [-0.1, -0.05) is 30.2 Å². The van der Waals surface area contributed by atoms with Crippen molar-refractivity contribution in [2.75, 3.05) is 0 Å². The number of rotatable bonds is 4. The van der Waals surface area contributed by atoms with Crippen LogP contribution in [0, 0.1) is 17.8 Å². The molecule has 2 fully saturated rings. The lowest BCUT2D eigenvalue weighted by atomic mass is 9.83. The Balaban J connectivity index is 1.54. The summed E-state index contributed by atoms with van der Waals surface area (Å²) >= 11 is 6.01. The van der Waals surface area contributed by atoms with Crippen LogP contribution >= 0.6 is 11.6 Å². The van der Waals surface area contributed by atoms with Crippen molar-refractivity contribution in [2.24, 2.45) is 23.5 Å². The molecule has 98 valence electrons. The summed E-state index contributed by atoms with van der Waals surface area (Å²) < 4.78 is 0. The molecule has 2 bridgehead atoms. The second-order valence-electron chi connectivity index (χ2n) is 6.26. The smallest absolute Gasteiger partial charge is 0.0408 e. The molecular weight excluding hydrogens is 242 g/mol. The summed E-state index contributed by atoms with van der Waals surface area (Å²) in [5, 5.41) is 0.819.